The van der Waals surface area contributed by atoms with Gasteiger partial charge in [-0.05, 0) is 29.7 Å². The van der Waals surface area contributed by atoms with Gasteiger partial charge in [0.2, 0.25) is 5.91 Å². The standard InChI is InChI=1S/C19H21N3O3/c1-12(2)17-19(24)20-15-10-14(18(23)21-25)8-9-16(15)22(17)11-13-6-4-3-5-7-13/h3-10,12,17,25H,11H2,1-2H3,(H,20,24)(H,21,23). The summed E-state index contributed by atoms with van der Waals surface area (Å²) in [5.41, 5.74) is 4.42. The predicted octanol–water partition coefficient (Wildman–Crippen LogP) is 2.79. The van der Waals surface area contributed by atoms with Crippen molar-refractivity contribution in [3.8, 4) is 0 Å². The van der Waals surface area contributed by atoms with Crippen LogP contribution in [-0.4, -0.2) is 23.1 Å². The maximum absolute atomic E-state index is 12.6. The maximum atomic E-state index is 12.6. The molecule has 1 aliphatic rings. The highest BCUT2D eigenvalue weighted by Gasteiger charge is 2.35. The van der Waals surface area contributed by atoms with E-state index in [1.165, 1.54) is 0 Å². The fourth-order valence-corrected chi connectivity index (χ4v) is 3.22. The number of amides is 2. The number of fused-ring (bicyclic) bond motifs is 1. The Labute approximate surface area is 146 Å². The zero-order chi connectivity index (χ0) is 18.0. The van der Waals surface area contributed by atoms with Crippen LogP contribution in [0.4, 0.5) is 11.4 Å². The Morgan fingerprint density at radius 1 is 1.24 bits per heavy atom. The minimum Gasteiger partial charge on any atom is -0.353 e. The second-order valence-corrected chi connectivity index (χ2v) is 6.46. The van der Waals surface area contributed by atoms with E-state index < -0.39 is 5.91 Å². The molecular formula is C19H21N3O3. The Morgan fingerprint density at radius 2 is 1.96 bits per heavy atom. The minimum absolute atomic E-state index is 0.0972. The third kappa shape index (κ3) is 3.34. The Balaban J connectivity index is 2.03. The summed E-state index contributed by atoms with van der Waals surface area (Å²) < 4.78 is 0. The third-order valence-electron chi connectivity index (χ3n) is 4.36. The third-order valence-corrected chi connectivity index (χ3v) is 4.36. The van der Waals surface area contributed by atoms with Gasteiger partial charge in [0, 0.05) is 12.1 Å². The molecule has 0 radical (unpaired) electrons. The van der Waals surface area contributed by atoms with Crippen molar-refractivity contribution in [2.75, 3.05) is 10.2 Å². The Bertz CT molecular complexity index is 790. The van der Waals surface area contributed by atoms with Gasteiger partial charge >= 0.3 is 0 Å². The molecule has 0 saturated heterocycles. The summed E-state index contributed by atoms with van der Waals surface area (Å²) in [6, 6.07) is 14.7. The van der Waals surface area contributed by atoms with Gasteiger partial charge in [-0.25, -0.2) is 5.48 Å². The van der Waals surface area contributed by atoms with Crippen LogP contribution in [0.5, 0.6) is 0 Å². The molecule has 6 heteroatoms. The van der Waals surface area contributed by atoms with Crippen molar-refractivity contribution >= 4 is 23.2 Å². The lowest BCUT2D eigenvalue weighted by Crippen LogP contribution is -2.50. The van der Waals surface area contributed by atoms with Gasteiger partial charge in [0.25, 0.3) is 5.91 Å². The second kappa shape index (κ2) is 6.94. The van der Waals surface area contributed by atoms with Crippen molar-refractivity contribution < 1.29 is 14.8 Å². The molecule has 1 aliphatic heterocycles. The predicted molar refractivity (Wildman–Crippen MR) is 95.6 cm³/mol. The van der Waals surface area contributed by atoms with E-state index in [4.69, 9.17) is 5.21 Å². The Kier molecular flexibility index (Phi) is 4.72. The highest BCUT2D eigenvalue weighted by Crippen LogP contribution is 2.36. The number of nitrogens with one attached hydrogen (secondary N) is 2. The summed E-state index contributed by atoms with van der Waals surface area (Å²) in [6.07, 6.45) is 0. The van der Waals surface area contributed by atoms with Crippen molar-refractivity contribution in [2.45, 2.75) is 26.4 Å². The van der Waals surface area contributed by atoms with Crippen molar-refractivity contribution in [1.29, 1.82) is 0 Å². The van der Waals surface area contributed by atoms with Crippen molar-refractivity contribution in [1.82, 2.24) is 5.48 Å². The SMILES string of the molecule is CC(C)C1C(=O)Nc2cc(C(=O)NO)ccc2N1Cc1ccccc1. The van der Waals surface area contributed by atoms with Crippen LogP contribution in [0.2, 0.25) is 0 Å². The van der Waals surface area contributed by atoms with E-state index in [-0.39, 0.29) is 23.4 Å². The fourth-order valence-electron chi connectivity index (χ4n) is 3.22. The smallest absolute Gasteiger partial charge is 0.274 e. The second-order valence-electron chi connectivity index (χ2n) is 6.46. The topological polar surface area (TPSA) is 81.7 Å². The average molecular weight is 339 g/mol. The lowest BCUT2D eigenvalue weighted by Gasteiger charge is -2.40. The number of anilines is 2. The van der Waals surface area contributed by atoms with Crippen LogP contribution >= 0.6 is 0 Å². The first-order valence-corrected chi connectivity index (χ1v) is 8.21. The van der Waals surface area contributed by atoms with Crippen LogP contribution in [0.1, 0.15) is 29.8 Å². The normalized spacial score (nSPS) is 16.4. The van der Waals surface area contributed by atoms with Gasteiger partial charge in [0.1, 0.15) is 6.04 Å². The molecule has 130 valence electrons. The number of nitrogens with zero attached hydrogens (tertiary/aromatic N) is 1. The largest absolute Gasteiger partial charge is 0.353 e. The maximum Gasteiger partial charge on any atom is 0.274 e. The lowest BCUT2D eigenvalue weighted by molar-refractivity contribution is -0.118. The molecule has 1 heterocycles. The molecule has 3 rings (SSSR count). The lowest BCUT2D eigenvalue weighted by atomic mass is 9.96. The zero-order valence-corrected chi connectivity index (χ0v) is 14.2. The monoisotopic (exact) mass is 339 g/mol. The highest BCUT2D eigenvalue weighted by atomic mass is 16.5. The molecular weight excluding hydrogens is 318 g/mol. The molecule has 0 bridgehead atoms. The zero-order valence-electron chi connectivity index (χ0n) is 14.2. The quantitative estimate of drug-likeness (QED) is 0.591. The first kappa shape index (κ1) is 17.0. The first-order chi connectivity index (χ1) is 12.0. The van der Waals surface area contributed by atoms with Gasteiger partial charge in [-0.1, -0.05) is 44.2 Å². The van der Waals surface area contributed by atoms with E-state index in [0.717, 1.165) is 11.3 Å². The molecule has 3 N–H and O–H groups in total. The summed E-state index contributed by atoms with van der Waals surface area (Å²) in [6.45, 7) is 4.62. The molecule has 1 unspecified atom stereocenters. The molecule has 0 aromatic heterocycles. The van der Waals surface area contributed by atoms with Crippen LogP contribution in [0.3, 0.4) is 0 Å². The number of carbonyl (C=O) groups excluding carboxylic acids is 2. The minimum atomic E-state index is -0.613. The first-order valence-electron chi connectivity index (χ1n) is 8.21. The number of hydrogen-bond acceptors (Lipinski definition) is 4. The van der Waals surface area contributed by atoms with Crippen LogP contribution < -0.4 is 15.7 Å². The number of hydrogen-bond donors (Lipinski definition) is 3. The van der Waals surface area contributed by atoms with Crippen molar-refractivity contribution in [3.05, 3.63) is 59.7 Å². The van der Waals surface area contributed by atoms with Crippen molar-refractivity contribution in [3.63, 3.8) is 0 Å². The molecule has 2 aromatic rings. The van der Waals surface area contributed by atoms with E-state index in [0.29, 0.717) is 12.2 Å². The van der Waals surface area contributed by atoms with E-state index in [1.807, 2.05) is 44.2 Å². The number of benzene rings is 2. The van der Waals surface area contributed by atoms with E-state index >= 15 is 0 Å². The Hall–Kier alpha value is -2.86. The molecule has 0 saturated carbocycles. The van der Waals surface area contributed by atoms with Crippen LogP contribution in [0, 0.1) is 5.92 Å². The average Bonchev–Trinajstić information content (AvgIpc) is 2.61. The summed E-state index contributed by atoms with van der Waals surface area (Å²) in [5, 5.41) is 11.7. The van der Waals surface area contributed by atoms with Gasteiger partial charge in [0.05, 0.1) is 11.4 Å². The Morgan fingerprint density at radius 3 is 2.60 bits per heavy atom. The van der Waals surface area contributed by atoms with E-state index in [2.05, 4.69) is 10.2 Å². The molecule has 0 spiro atoms. The van der Waals surface area contributed by atoms with Crippen molar-refractivity contribution in [2.24, 2.45) is 5.92 Å². The van der Waals surface area contributed by atoms with Crippen LogP contribution in [-0.2, 0) is 11.3 Å². The number of carbonyl (C=O) groups is 2. The summed E-state index contributed by atoms with van der Waals surface area (Å²) in [7, 11) is 0. The van der Waals surface area contributed by atoms with Gasteiger partial charge < -0.3 is 10.2 Å². The van der Waals surface area contributed by atoms with Crippen LogP contribution in [0.25, 0.3) is 0 Å². The van der Waals surface area contributed by atoms with Gasteiger partial charge in [-0.3, -0.25) is 14.8 Å². The molecule has 1 atom stereocenters. The molecule has 25 heavy (non-hydrogen) atoms. The highest BCUT2D eigenvalue weighted by molar-refractivity contribution is 6.05. The summed E-state index contributed by atoms with van der Waals surface area (Å²) in [4.78, 5) is 26.3. The van der Waals surface area contributed by atoms with Gasteiger partial charge in [-0.2, -0.15) is 0 Å². The number of hydroxylamine groups is 1. The molecule has 0 fully saturated rings. The van der Waals surface area contributed by atoms with Gasteiger partial charge in [-0.15, -0.1) is 0 Å². The van der Waals surface area contributed by atoms with Gasteiger partial charge in [0.15, 0.2) is 0 Å². The number of rotatable bonds is 4. The van der Waals surface area contributed by atoms with E-state index in [9.17, 15) is 9.59 Å². The molecule has 6 nitrogen and oxygen atoms in total. The molecule has 0 aliphatic carbocycles. The summed E-state index contributed by atoms with van der Waals surface area (Å²) in [5.74, 6) is -0.588. The van der Waals surface area contributed by atoms with Crippen LogP contribution in [0.15, 0.2) is 48.5 Å². The fraction of sp³-hybridized carbons (Fsp3) is 0.263. The molecule has 2 amide bonds. The van der Waals surface area contributed by atoms with E-state index in [1.54, 1.807) is 23.7 Å². The molecule has 2 aromatic carbocycles. The summed E-state index contributed by atoms with van der Waals surface area (Å²) >= 11 is 0.